The van der Waals surface area contributed by atoms with E-state index in [0.717, 1.165) is 11.3 Å². The van der Waals surface area contributed by atoms with Gasteiger partial charge in [-0.25, -0.2) is 9.97 Å². The number of benzene rings is 2. The Labute approximate surface area is 155 Å². The highest BCUT2D eigenvalue weighted by Gasteiger charge is 2.12. The number of anilines is 2. The van der Waals surface area contributed by atoms with Crippen LogP contribution in [0.25, 0.3) is 10.9 Å². The van der Waals surface area contributed by atoms with Crippen LogP contribution in [0, 0.1) is 6.92 Å². The largest absolute Gasteiger partial charge is 0.493 e. The van der Waals surface area contributed by atoms with Crippen LogP contribution in [0.2, 0.25) is 0 Å². The van der Waals surface area contributed by atoms with Gasteiger partial charge in [-0.3, -0.25) is 0 Å². The van der Waals surface area contributed by atoms with Crippen molar-refractivity contribution < 1.29 is 23.0 Å². The van der Waals surface area contributed by atoms with Crippen molar-refractivity contribution in [3.63, 3.8) is 0 Å². The normalized spacial score (nSPS) is 11.0. The van der Waals surface area contributed by atoms with Gasteiger partial charge in [0.1, 0.15) is 18.8 Å². The Morgan fingerprint density at radius 2 is 1.93 bits per heavy atom. The number of rotatable bonds is 8. The molecular weight excluding hydrogens is 356 g/mol. The Morgan fingerprint density at radius 3 is 2.67 bits per heavy atom. The van der Waals surface area contributed by atoms with Gasteiger partial charge in [-0.15, -0.1) is 0 Å². The molecule has 142 valence electrons. The first-order valence-corrected chi connectivity index (χ1v) is 8.26. The molecule has 0 aliphatic carbocycles. The highest BCUT2D eigenvalue weighted by atomic mass is 19.3. The third-order valence-electron chi connectivity index (χ3n) is 3.79. The summed E-state index contributed by atoms with van der Waals surface area (Å²) in [6.07, 6.45) is 1.46. The molecule has 1 aromatic heterocycles. The molecule has 0 bridgehead atoms. The second kappa shape index (κ2) is 8.59. The molecule has 8 heteroatoms. The van der Waals surface area contributed by atoms with E-state index in [4.69, 9.17) is 9.47 Å². The molecule has 0 atom stereocenters. The number of halogens is 2. The van der Waals surface area contributed by atoms with E-state index < -0.39 is 6.61 Å². The lowest BCUT2D eigenvalue weighted by Crippen LogP contribution is -2.10. The third-order valence-corrected chi connectivity index (χ3v) is 3.79. The first kappa shape index (κ1) is 18.8. The van der Waals surface area contributed by atoms with Crippen LogP contribution in [0.3, 0.4) is 0 Å². The van der Waals surface area contributed by atoms with Crippen LogP contribution in [0.5, 0.6) is 11.5 Å². The minimum absolute atomic E-state index is 0.0411. The average molecular weight is 375 g/mol. The van der Waals surface area contributed by atoms with Crippen LogP contribution in [0.1, 0.15) is 5.56 Å². The molecule has 0 radical (unpaired) electrons. The van der Waals surface area contributed by atoms with E-state index in [2.05, 4.69) is 20.0 Å². The third kappa shape index (κ3) is 4.79. The lowest BCUT2D eigenvalue weighted by molar-refractivity contribution is -0.133. The predicted octanol–water partition coefficient (Wildman–Crippen LogP) is 4.31. The summed E-state index contributed by atoms with van der Waals surface area (Å²) in [5.74, 6) is 1.44. The Kier molecular flexibility index (Phi) is 5.97. The molecular formula is C19H19F2N3O3. The molecule has 0 aliphatic rings. The van der Waals surface area contributed by atoms with Crippen LogP contribution in [-0.4, -0.2) is 36.9 Å². The highest BCUT2D eigenvalue weighted by molar-refractivity contribution is 5.93. The zero-order valence-corrected chi connectivity index (χ0v) is 14.9. The molecule has 0 unspecified atom stereocenters. The van der Waals surface area contributed by atoms with Crippen molar-refractivity contribution in [1.29, 1.82) is 0 Å². The fourth-order valence-corrected chi connectivity index (χ4v) is 2.58. The first-order valence-electron chi connectivity index (χ1n) is 8.26. The SMILES string of the molecule is COc1cc2ncnc(Nc3cccc(C)c3)c2cc1OCCOC(F)F. The van der Waals surface area contributed by atoms with Crippen LogP contribution in [-0.2, 0) is 4.74 Å². The number of ether oxygens (including phenoxy) is 3. The van der Waals surface area contributed by atoms with E-state index in [-0.39, 0.29) is 13.2 Å². The molecule has 0 saturated heterocycles. The summed E-state index contributed by atoms with van der Waals surface area (Å²) in [5.41, 5.74) is 2.66. The van der Waals surface area contributed by atoms with E-state index in [1.165, 1.54) is 13.4 Å². The number of nitrogens with one attached hydrogen (secondary N) is 1. The van der Waals surface area contributed by atoms with Crippen molar-refractivity contribution in [3.8, 4) is 11.5 Å². The van der Waals surface area contributed by atoms with Gasteiger partial charge >= 0.3 is 6.61 Å². The summed E-state index contributed by atoms with van der Waals surface area (Å²) in [5, 5.41) is 3.98. The molecule has 27 heavy (non-hydrogen) atoms. The lowest BCUT2D eigenvalue weighted by Gasteiger charge is -2.14. The predicted molar refractivity (Wildman–Crippen MR) is 98.0 cm³/mol. The maximum Gasteiger partial charge on any atom is 0.345 e. The van der Waals surface area contributed by atoms with Crippen molar-refractivity contribution in [2.45, 2.75) is 13.5 Å². The molecule has 0 fully saturated rings. The number of hydrogen-bond acceptors (Lipinski definition) is 6. The smallest absolute Gasteiger partial charge is 0.345 e. The summed E-state index contributed by atoms with van der Waals surface area (Å²) in [6.45, 7) is -1.11. The quantitative estimate of drug-likeness (QED) is 0.592. The molecule has 0 spiro atoms. The van der Waals surface area contributed by atoms with Crippen LogP contribution >= 0.6 is 0 Å². The Balaban J connectivity index is 1.89. The molecule has 0 saturated carbocycles. The summed E-state index contributed by atoms with van der Waals surface area (Å²) in [7, 11) is 1.50. The minimum Gasteiger partial charge on any atom is -0.493 e. The van der Waals surface area contributed by atoms with Gasteiger partial charge in [-0.2, -0.15) is 8.78 Å². The van der Waals surface area contributed by atoms with Crippen molar-refractivity contribution in [2.75, 3.05) is 25.6 Å². The van der Waals surface area contributed by atoms with Gasteiger partial charge in [0.2, 0.25) is 0 Å². The summed E-state index contributed by atoms with van der Waals surface area (Å²) >= 11 is 0. The minimum atomic E-state index is -2.83. The molecule has 0 aliphatic heterocycles. The fraction of sp³-hybridized carbons (Fsp3) is 0.263. The number of fused-ring (bicyclic) bond motifs is 1. The molecule has 3 rings (SSSR count). The van der Waals surface area contributed by atoms with Crippen LogP contribution < -0.4 is 14.8 Å². The van der Waals surface area contributed by atoms with E-state index in [1.54, 1.807) is 12.1 Å². The summed E-state index contributed by atoms with van der Waals surface area (Å²) < 4.78 is 39.2. The topological polar surface area (TPSA) is 65.5 Å². The lowest BCUT2D eigenvalue weighted by atomic mass is 10.2. The van der Waals surface area contributed by atoms with Crippen molar-refractivity contribution in [2.24, 2.45) is 0 Å². The fourth-order valence-electron chi connectivity index (χ4n) is 2.58. The highest BCUT2D eigenvalue weighted by Crippen LogP contribution is 2.34. The van der Waals surface area contributed by atoms with Crippen molar-refractivity contribution in [1.82, 2.24) is 9.97 Å². The first-order chi connectivity index (χ1) is 13.1. The Bertz CT molecular complexity index is 922. The standard InChI is InChI=1S/C19H19F2N3O3/c1-12-4-3-5-13(8-12)24-18-14-9-17(26-6-7-27-19(20)21)16(25-2)10-15(14)22-11-23-18/h3-5,8-11,19H,6-7H2,1-2H3,(H,22,23,24). The Morgan fingerprint density at radius 1 is 1.07 bits per heavy atom. The maximum absolute atomic E-state index is 12.1. The van der Waals surface area contributed by atoms with Crippen molar-refractivity contribution >= 4 is 22.4 Å². The van der Waals surface area contributed by atoms with Gasteiger partial charge in [0.05, 0.1) is 19.2 Å². The van der Waals surface area contributed by atoms with Gasteiger partial charge in [0.25, 0.3) is 0 Å². The number of aromatic nitrogens is 2. The maximum atomic E-state index is 12.1. The van der Waals surface area contributed by atoms with Gasteiger partial charge in [0, 0.05) is 17.1 Å². The monoisotopic (exact) mass is 375 g/mol. The average Bonchev–Trinajstić information content (AvgIpc) is 2.65. The summed E-state index contributed by atoms with van der Waals surface area (Å²) in [6, 6.07) is 11.3. The molecule has 1 heterocycles. The molecule has 3 aromatic rings. The zero-order chi connectivity index (χ0) is 19.2. The molecule has 1 N–H and O–H groups in total. The Hall–Kier alpha value is -3.00. The van der Waals surface area contributed by atoms with E-state index in [9.17, 15) is 8.78 Å². The number of alkyl halides is 2. The van der Waals surface area contributed by atoms with E-state index in [0.29, 0.717) is 28.2 Å². The number of hydrogen-bond donors (Lipinski definition) is 1. The van der Waals surface area contributed by atoms with Crippen LogP contribution in [0.4, 0.5) is 20.3 Å². The van der Waals surface area contributed by atoms with Gasteiger partial charge in [-0.05, 0) is 30.7 Å². The van der Waals surface area contributed by atoms with Crippen LogP contribution in [0.15, 0.2) is 42.7 Å². The summed E-state index contributed by atoms with van der Waals surface area (Å²) in [4.78, 5) is 8.57. The number of methoxy groups -OCH3 is 1. The number of nitrogens with zero attached hydrogens (tertiary/aromatic N) is 2. The van der Waals surface area contributed by atoms with Gasteiger partial charge < -0.3 is 19.5 Å². The van der Waals surface area contributed by atoms with Gasteiger partial charge in [-0.1, -0.05) is 12.1 Å². The second-order valence-corrected chi connectivity index (χ2v) is 5.72. The second-order valence-electron chi connectivity index (χ2n) is 5.72. The van der Waals surface area contributed by atoms with Gasteiger partial charge in [0.15, 0.2) is 11.5 Å². The molecule has 2 aromatic carbocycles. The zero-order valence-electron chi connectivity index (χ0n) is 14.9. The number of aryl methyl sites for hydroxylation is 1. The molecule has 0 amide bonds. The molecule has 6 nitrogen and oxygen atoms in total. The van der Waals surface area contributed by atoms with E-state index >= 15 is 0 Å². The van der Waals surface area contributed by atoms with E-state index in [1.807, 2.05) is 31.2 Å². The van der Waals surface area contributed by atoms with Crippen molar-refractivity contribution in [3.05, 3.63) is 48.3 Å².